The molecular formula is C18H17N3O3. The van der Waals surface area contributed by atoms with Gasteiger partial charge in [-0.15, -0.1) is 0 Å². The van der Waals surface area contributed by atoms with Crippen molar-refractivity contribution < 1.29 is 14.4 Å². The van der Waals surface area contributed by atoms with E-state index in [2.05, 4.69) is 10.7 Å². The molecule has 1 aliphatic heterocycles. The molecule has 2 aromatic rings. The fourth-order valence-electron chi connectivity index (χ4n) is 2.58. The van der Waals surface area contributed by atoms with Gasteiger partial charge in [-0.3, -0.25) is 15.0 Å². The zero-order valence-electron chi connectivity index (χ0n) is 13.4. The summed E-state index contributed by atoms with van der Waals surface area (Å²) in [6.07, 6.45) is 0. The van der Waals surface area contributed by atoms with E-state index in [9.17, 15) is 14.4 Å². The Bertz CT molecular complexity index is 802. The molecule has 1 unspecified atom stereocenters. The molecule has 2 aromatic carbocycles. The fraction of sp³-hybridized carbons (Fsp3) is 0.167. The summed E-state index contributed by atoms with van der Waals surface area (Å²) in [5, 5.41) is 3.37. The predicted octanol–water partition coefficient (Wildman–Crippen LogP) is 2.11. The summed E-state index contributed by atoms with van der Waals surface area (Å²) >= 11 is 0. The van der Waals surface area contributed by atoms with E-state index in [1.54, 1.807) is 55.5 Å². The summed E-state index contributed by atoms with van der Waals surface area (Å²) in [4.78, 5) is 37.1. The van der Waals surface area contributed by atoms with Crippen LogP contribution >= 0.6 is 0 Å². The lowest BCUT2D eigenvalue weighted by atomic mass is 9.92. The highest BCUT2D eigenvalue weighted by Crippen LogP contribution is 2.27. The second-order valence-electron chi connectivity index (χ2n) is 5.87. The number of hydrazine groups is 1. The quantitative estimate of drug-likeness (QED) is 0.849. The number of amides is 4. The van der Waals surface area contributed by atoms with Crippen molar-refractivity contribution in [2.45, 2.75) is 19.4 Å². The second kappa shape index (κ2) is 5.81. The maximum atomic E-state index is 12.7. The molecule has 0 saturated carbocycles. The van der Waals surface area contributed by atoms with Crippen LogP contribution in [0.4, 0.5) is 4.79 Å². The van der Waals surface area contributed by atoms with Gasteiger partial charge in [0, 0.05) is 5.56 Å². The number of aryl methyl sites for hydroxylation is 1. The number of carbonyl (C=O) groups excluding carboxylic acids is 3. The van der Waals surface area contributed by atoms with Gasteiger partial charge in [0.25, 0.3) is 11.8 Å². The van der Waals surface area contributed by atoms with E-state index in [-0.39, 0.29) is 0 Å². The maximum Gasteiger partial charge on any atom is 0.344 e. The van der Waals surface area contributed by atoms with Crippen LogP contribution in [0.15, 0.2) is 54.6 Å². The highest BCUT2D eigenvalue weighted by atomic mass is 16.2. The minimum absolute atomic E-state index is 0.370. The maximum absolute atomic E-state index is 12.7. The average Bonchev–Trinajstić information content (AvgIpc) is 2.80. The van der Waals surface area contributed by atoms with E-state index in [1.165, 1.54) is 0 Å². The van der Waals surface area contributed by atoms with Crippen LogP contribution in [-0.2, 0) is 10.3 Å². The first kappa shape index (κ1) is 15.7. The van der Waals surface area contributed by atoms with Crippen LogP contribution in [0.1, 0.15) is 28.4 Å². The summed E-state index contributed by atoms with van der Waals surface area (Å²) in [6, 6.07) is 15.1. The summed E-state index contributed by atoms with van der Waals surface area (Å²) in [6.45, 7) is 3.52. The lowest BCUT2D eigenvalue weighted by Crippen LogP contribution is -2.47. The molecule has 6 nitrogen and oxygen atoms in total. The number of benzene rings is 2. The lowest BCUT2D eigenvalue weighted by Gasteiger charge is -2.22. The van der Waals surface area contributed by atoms with Crippen molar-refractivity contribution in [3.63, 3.8) is 0 Å². The zero-order valence-corrected chi connectivity index (χ0v) is 13.4. The first-order valence-corrected chi connectivity index (χ1v) is 7.52. The monoisotopic (exact) mass is 323 g/mol. The summed E-state index contributed by atoms with van der Waals surface area (Å²) < 4.78 is 0. The first-order valence-electron chi connectivity index (χ1n) is 7.52. The Morgan fingerprint density at radius 3 is 2.29 bits per heavy atom. The summed E-state index contributed by atoms with van der Waals surface area (Å²) in [5.41, 5.74) is 3.19. The van der Waals surface area contributed by atoms with Crippen LogP contribution < -0.4 is 10.7 Å². The van der Waals surface area contributed by atoms with Crippen LogP contribution in [0, 0.1) is 6.92 Å². The second-order valence-corrected chi connectivity index (χ2v) is 5.87. The van der Waals surface area contributed by atoms with Gasteiger partial charge in [-0.1, -0.05) is 48.0 Å². The fourth-order valence-corrected chi connectivity index (χ4v) is 2.58. The van der Waals surface area contributed by atoms with Gasteiger partial charge in [0.1, 0.15) is 5.54 Å². The van der Waals surface area contributed by atoms with Gasteiger partial charge in [0.2, 0.25) is 0 Å². The molecule has 1 atom stereocenters. The standard InChI is InChI=1S/C18H17N3O3/c1-12-8-10-13(11-9-12)15(22)20-21-16(23)18(2,19-17(21)24)14-6-4-3-5-7-14/h3-11H,1-2H3,(H,19,24)(H,20,22). The molecule has 0 bridgehead atoms. The normalized spacial score (nSPS) is 20.0. The van der Waals surface area contributed by atoms with Crippen molar-refractivity contribution in [3.05, 3.63) is 71.3 Å². The van der Waals surface area contributed by atoms with E-state index in [4.69, 9.17) is 0 Å². The third-order valence-electron chi connectivity index (χ3n) is 4.07. The molecule has 122 valence electrons. The third kappa shape index (κ3) is 2.62. The van der Waals surface area contributed by atoms with Crippen molar-refractivity contribution in [1.29, 1.82) is 0 Å². The highest BCUT2D eigenvalue weighted by Gasteiger charge is 2.49. The minimum Gasteiger partial charge on any atom is -0.318 e. The van der Waals surface area contributed by atoms with Crippen molar-refractivity contribution in [2.24, 2.45) is 0 Å². The third-order valence-corrected chi connectivity index (χ3v) is 4.07. The Labute approximate surface area is 139 Å². The van der Waals surface area contributed by atoms with Crippen LogP contribution in [0.3, 0.4) is 0 Å². The largest absolute Gasteiger partial charge is 0.344 e. The van der Waals surface area contributed by atoms with Gasteiger partial charge in [0.15, 0.2) is 0 Å². The number of nitrogens with zero attached hydrogens (tertiary/aromatic N) is 1. The van der Waals surface area contributed by atoms with Gasteiger partial charge in [0.05, 0.1) is 0 Å². The number of urea groups is 1. The van der Waals surface area contributed by atoms with Crippen molar-refractivity contribution in [2.75, 3.05) is 0 Å². The van der Waals surface area contributed by atoms with Crippen molar-refractivity contribution in [3.8, 4) is 0 Å². The van der Waals surface area contributed by atoms with Crippen LogP contribution in [0.5, 0.6) is 0 Å². The number of hydrogen-bond acceptors (Lipinski definition) is 3. The van der Waals surface area contributed by atoms with E-state index >= 15 is 0 Å². The SMILES string of the molecule is Cc1ccc(C(=O)NN2C(=O)NC(C)(c3ccccc3)C2=O)cc1. The number of hydrogen-bond donors (Lipinski definition) is 2. The molecular weight excluding hydrogens is 306 g/mol. The lowest BCUT2D eigenvalue weighted by molar-refractivity contribution is -0.132. The molecule has 6 heteroatoms. The van der Waals surface area contributed by atoms with Crippen molar-refractivity contribution in [1.82, 2.24) is 15.8 Å². The molecule has 0 aliphatic carbocycles. The number of carbonyl (C=O) groups is 3. The van der Waals surface area contributed by atoms with E-state index in [0.29, 0.717) is 11.1 Å². The molecule has 1 fully saturated rings. The smallest absolute Gasteiger partial charge is 0.318 e. The van der Waals surface area contributed by atoms with Crippen molar-refractivity contribution >= 4 is 17.8 Å². The molecule has 24 heavy (non-hydrogen) atoms. The van der Waals surface area contributed by atoms with Gasteiger partial charge in [-0.25, -0.2) is 4.79 Å². The molecule has 0 radical (unpaired) electrons. The van der Waals surface area contributed by atoms with Gasteiger partial charge < -0.3 is 5.32 Å². The summed E-state index contributed by atoms with van der Waals surface area (Å²) in [7, 11) is 0. The van der Waals surface area contributed by atoms with Crippen LogP contribution in [0.2, 0.25) is 0 Å². The van der Waals surface area contributed by atoms with Crippen LogP contribution in [0.25, 0.3) is 0 Å². The minimum atomic E-state index is -1.21. The molecule has 1 aliphatic rings. The predicted molar refractivity (Wildman–Crippen MR) is 87.8 cm³/mol. The topological polar surface area (TPSA) is 78.5 Å². The average molecular weight is 323 g/mol. The molecule has 2 N–H and O–H groups in total. The van der Waals surface area contributed by atoms with E-state index < -0.39 is 23.4 Å². The summed E-state index contributed by atoms with van der Waals surface area (Å²) in [5.74, 6) is -1.05. The molecule has 3 rings (SSSR count). The molecule has 4 amide bonds. The Hall–Kier alpha value is -3.15. The number of rotatable bonds is 3. The molecule has 0 spiro atoms. The van der Waals surface area contributed by atoms with E-state index in [1.807, 2.05) is 13.0 Å². The van der Waals surface area contributed by atoms with E-state index in [0.717, 1.165) is 10.6 Å². The first-order chi connectivity index (χ1) is 11.4. The molecule has 0 aromatic heterocycles. The zero-order chi connectivity index (χ0) is 17.3. The molecule has 1 saturated heterocycles. The van der Waals surface area contributed by atoms with Gasteiger partial charge in [-0.2, -0.15) is 5.01 Å². The Morgan fingerprint density at radius 1 is 1.04 bits per heavy atom. The number of nitrogens with one attached hydrogen (secondary N) is 2. The Morgan fingerprint density at radius 2 is 1.67 bits per heavy atom. The van der Waals surface area contributed by atoms with Crippen LogP contribution in [-0.4, -0.2) is 22.9 Å². The number of imide groups is 1. The Balaban J connectivity index is 1.82. The highest BCUT2D eigenvalue weighted by molar-refractivity contribution is 6.09. The molecule has 1 heterocycles. The van der Waals surface area contributed by atoms with Gasteiger partial charge in [-0.05, 0) is 31.5 Å². The Kier molecular flexibility index (Phi) is 3.81. The van der Waals surface area contributed by atoms with Gasteiger partial charge >= 0.3 is 6.03 Å².